The number of hydrazone groups is 1. The highest BCUT2D eigenvalue weighted by atomic mass is 32.2. The standard InChI is InChI=1S/C23H14N6O4S2/c30-20(14-8-10-15(11-9-14)29(32)33)27-24-13-16-21(26-19-7-3-4-12-28(19)22(16)31)35-23-25-17-5-1-2-6-18(17)34-23/h1-13H,(H,27,30). The molecule has 172 valence electrons. The molecule has 0 bridgehead atoms. The van der Waals surface area contributed by atoms with E-state index in [0.29, 0.717) is 15.0 Å². The molecule has 0 radical (unpaired) electrons. The minimum Gasteiger partial charge on any atom is -0.268 e. The minimum absolute atomic E-state index is 0.128. The monoisotopic (exact) mass is 502 g/mol. The van der Waals surface area contributed by atoms with Crippen LogP contribution >= 0.6 is 23.1 Å². The smallest absolute Gasteiger partial charge is 0.268 e. The van der Waals surface area contributed by atoms with Crippen molar-refractivity contribution in [3.63, 3.8) is 0 Å². The summed E-state index contributed by atoms with van der Waals surface area (Å²) in [6.07, 6.45) is 2.84. The van der Waals surface area contributed by atoms with Crippen LogP contribution in [0.25, 0.3) is 15.9 Å². The SMILES string of the molecule is O=C(NN=Cc1c(Sc2nc3ccccc3s2)nc2ccccn2c1=O)c1ccc([N+](=O)[O-])cc1. The summed E-state index contributed by atoms with van der Waals surface area (Å²) in [5.41, 5.74) is 3.55. The highest BCUT2D eigenvalue weighted by Crippen LogP contribution is 2.34. The van der Waals surface area contributed by atoms with Crippen LogP contribution in [-0.4, -0.2) is 31.4 Å². The number of nitro benzene ring substituents is 1. The van der Waals surface area contributed by atoms with Gasteiger partial charge >= 0.3 is 0 Å². The Bertz CT molecular complexity index is 1640. The first-order chi connectivity index (χ1) is 17.0. The molecule has 0 aliphatic heterocycles. The number of amides is 1. The number of nitrogens with zero attached hydrogens (tertiary/aromatic N) is 5. The largest absolute Gasteiger partial charge is 0.271 e. The third-order valence-corrected chi connectivity index (χ3v) is 6.99. The van der Waals surface area contributed by atoms with Crippen molar-refractivity contribution < 1.29 is 9.72 Å². The van der Waals surface area contributed by atoms with Crippen LogP contribution in [0, 0.1) is 10.1 Å². The number of benzene rings is 2. The molecule has 0 unspecified atom stereocenters. The molecule has 12 heteroatoms. The maximum Gasteiger partial charge on any atom is 0.271 e. The third-order valence-electron chi connectivity index (χ3n) is 4.89. The number of hydrogen-bond acceptors (Lipinski definition) is 9. The van der Waals surface area contributed by atoms with E-state index in [1.165, 1.54) is 58.0 Å². The zero-order valence-corrected chi connectivity index (χ0v) is 19.3. The summed E-state index contributed by atoms with van der Waals surface area (Å²) in [4.78, 5) is 45.0. The van der Waals surface area contributed by atoms with E-state index in [1.54, 1.807) is 24.4 Å². The summed E-state index contributed by atoms with van der Waals surface area (Å²) < 4.78 is 3.11. The van der Waals surface area contributed by atoms with Gasteiger partial charge in [-0.25, -0.2) is 15.4 Å². The number of carbonyl (C=O) groups excluding carboxylic acids is 1. The van der Waals surface area contributed by atoms with Crippen molar-refractivity contribution >= 4 is 56.8 Å². The molecule has 0 saturated heterocycles. The van der Waals surface area contributed by atoms with E-state index in [9.17, 15) is 19.7 Å². The van der Waals surface area contributed by atoms with Crippen LogP contribution in [0.1, 0.15) is 15.9 Å². The molecular formula is C23H14N6O4S2. The van der Waals surface area contributed by atoms with Gasteiger partial charge in [0.25, 0.3) is 17.2 Å². The lowest BCUT2D eigenvalue weighted by molar-refractivity contribution is -0.384. The first kappa shape index (κ1) is 22.4. The molecule has 1 N–H and O–H groups in total. The third kappa shape index (κ3) is 4.65. The quantitative estimate of drug-likeness (QED) is 0.160. The van der Waals surface area contributed by atoms with Crippen molar-refractivity contribution in [2.24, 2.45) is 5.10 Å². The summed E-state index contributed by atoms with van der Waals surface area (Å²) in [7, 11) is 0. The Hall–Kier alpha value is -4.42. The van der Waals surface area contributed by atoms with Gasteiger partial charge in [0.15, 0.2) is 4.34 Å². The van der Waals surface area contributed by atoms with E-state index in [4.69, 9.17) is 0 Å². The van der Waals surface area contributed by atoms with E-state index in [0.717, 1.165) is 10.2 Å². The maximum atomic E-state index is 13.2. The molecule has 3 aromatic heterocycles. The van der Waals surface area contributed by atoms with Crippen molar-refractivity contribution in [2.45, 2.75) is 9.37 Å². The second-order valence-corrected chi connectivity index (χ2v) is 9.38. The Kier molecular flexibility index (Phi) is 6.04. The van der Waals surface area contributed by atoms with Gasteiger partial charge in [-0.3, -0.25) is 24.1 Å². The van der Waals surface area contributed by atoms with Gasteiger partial charge in [-0.05, 0) is 48.2 Å². The Labute approximate surface area is 205 Å². The van der Waals surface area contributed by atoms with Crippen molar-refractivity contribution in [1.82, 2.24) is 19.8 Å². The molecule has 0 aliphatic carbocycles. The molecule has 10 nitrogen and oxygen atoms in total. The van der Waals surface area contributed by atoms with Gasteiger partial charge in [-0.15, -0.1) is 11.3 Å². The zero-order chi connectivity index (χ0) is 24.4. The molecule has 0 atom stereocenters. The second kappa shape index (κ2) is 9.44. The van der Waals surface area contributed by atoms with Crippen LogP contribution in [0.3, 0.4) is 0 Å². The molecule has 35 heavy (non-hydrogen) atoms. The lowest BCUT2D eigenvalue weighted by Gasteiger charge is -2.06. The Morgan fingerprint density at radius 3 is 2.63 bits per heavy atom. The lowest BCUT2D eigenvalue weighted by Crippen LogP contribution is -2.22. The number of hydrogen-bond donors (Lipinski definition) is 1. The number of pyridine rings is 1. The first-order valence-electron chi connectivity index (χ1n) is 10.1. The van der Waals surface area contributed by atoms with Gasteiger partial charge in [0, 0.05) is 23.9 Å². The molecule has 0 fully saturated rings. The molecule has 0 saturated carbocycles. The topological polar surface area (TPSA) is 132 Å². The molecule has 0 aliphatic rings. The fraction of sp³-hybridized carbons (Fsp3) is 0. The minimum atomic E-state index is -0.578. The second-order valence-electron chi connectivity index (χ2n) is 7.12. The van der Waals surface area contributed by atoms with Gasteiger partial charge in [0.2, 0.25) is 0 Å². The van der Waals surface area contributed by atoms with E-state index < -0.39 is 10.8 Å². The van der Waals surface area contributed by atoms with Crippen molar-refractivity contribution in [3.05, 3.63) is 105 Å². The van der Waals surface area contributed by atoms with Gasteiger partial charge in [0.05, 0.1) is 26.9 Å². The molecular weight excluding hydrogens is 488 g/mol. The average molecular weight is 503 g/mol. The normalized spacial score (nSPS) is 11.3. The predicted octanol–water partition coefficient (Wildman–Crippen LogP) is 4.13. The maximum absolute atomic E-state index is 13.2. The average Bonchev–Trinajstić information content (AvgIpc) is 3.28. The Morgan fingerprint density at radius 2 is 1.86 bits per heavy atom. The number of nitro groups is 1. The zero-order valence-electron chi connectivity index (χ0n) is 17.7. The van der Waals surface area contributed by atoms with E-state index in [1.807, 2.05) is 24.3 Å². The van der Waals surface area contributed by atoms with Crippen LogP contribution in [0.5, 0.6) is 0 Å². The number of thiazole rings is 1. The van der Waals surface area contributed by atoms with Crippen LogP contribution in [-0.2, 0) is 0 Å². The van der Waals surface area contributed by atoms with Crippen molar-refractivity contribution in [1.29, 1.82) is 0 Å². The summed E-state index contributed by atoms with van der Waals surface area (Å²) in [6, 6.07) is 18.0. The number of aromatic nitrogens is 3. The molecule has 0 spiro atoms. The van der Waals surface area contributed by atoms with Crippen LogP contribution in [0.4, 0.5) is 5.69 Å². The fourth-order valence-corrected chi connectivity index (χ4v) is 5.27. The fourth-order valence-electron chi connectivity index (χ4n) is 3.20. The van der Waals surface area contributed by atoms with Gasteiger partial charge < -0.3 is 0 Å². The first-order valence-corrected chi connectivity index (χ1v) is 11.8. The van der Waals surface area contributed by atoms with Crippen LogP contribution in [0.15, 0.2) is 92.2 Å². The summed E-state index contributed by atoms with van der Waals surface area (Å²) in [6.45, 7) is 0. The van der Waals surface area contributed by atoms with Crippen LogP contribution in [0.2, 0.25) is 0 Å². The van der Waals surface area contributed by atoms with Gasteiger partial charge in [-0.2, -0.15) is 5.10 Å². The van der Waals surface area contributed by atoms with Gasteiger partial charge in [-0.1, -0.05) is 18.2 Å². The number of rotatable bonds is 6. The molecule has 2 aromatic carbocycles. The predicted molar refractivity (Wildman–Crippen MR) is 133 cm³/mol. The highest BCUT2D eigenvalue weighted by molar-refractivity contribution is 8.01. The summed E-state index contributed by atoms with van der Waals surface area (Å²) in [5.74, 6) is -0.578. The number of nitrogens with one attached hydrogen (secondary N) is 1. The molecule has 1 amide bonds. The van der Waals surface area contributed by atoms with Crippen LogP contribution < -0.4 is 11.0 Å². The number of non-ortho nitro benzene ring substituents is 1. The highest BCUT2D eigenvalue weighted by Gasteiger charge is 2.15. The summed E-state index contributed by atoms with van der Waals surface area (Å²) >= 11 is 2.73. The van der Waals surface area contributed by atoms with Gasteiger partial charge in [0.1, 0.15) is 10.7 Å². The Morgan fingerprint density at radius 1 is 1.09 bits per heavy atom. The molecule has 5 aromatic rings. The van der Waals surface area contributed by atoms with Crippen molar-refractivity contribution in [2.75, 3.05) is 0 Å². The summed E-state index contributed by atoms with van der Waals surface area (Å²) in [5, 5.41) is 15.1. The molecule has 5 rings (SSSR count). The number of fused-ring (bicyclic) bond motifs is 2. The van der Waals surface area contributed by atoms with E-state index in [2.05, 4.69) is 20.5 Å². The molecule has 3 heterocycles. The van der Waals surface area contributed by atoms with E-state index >= 15 is 0 Å². The van der Waals surface area contributed by atoms with E-state index in [-0.39, 0.29) is 22.4 Å². The Balaban J connectivity index is 1.46. The number of carbonyl (C=O) groups is 1. The number of para-hydroxylation sites is 1. The van der Waals surface area contributed by atoms with Crippen molar-refractivity contribution in [3.8, 4) is 0 Å². The lowest BCUT2D eigenvalue weighted by atomic mass is 10.2.